The number of rotatable bonds is 4. The number of sulfonamides is 1. The zero-order valence-corrected chi connectivity index (χ0v) is 13.3. The minimum absolute atomic E-state index is 0.339. The van der Waals surface area contributed by atoms with E-state index in [2.05, 4.69) is 9.62 Å². The molecule has 1 aromatic carbocycles. The van der Waals surface area contributed by atoms with Crippen LogP contribution in [-0.2, 0) is 10.0 Å². The summed E-state index contributed by atoms with van der Waals surface area (Å²) >= 11 is 1.22. The molecule has 21 heavy (non-hydrogen) atoms. The van der Waals surface area contributed by atoms with E-state index >= 15 is 0 Å². The highest BCUT2D eigenvalue weighted by Gasteiger charge is 2.16. The van der Waals surface area contributed by atoms with Crippen molar-refractivity contribution >= 4 is 32.7 Å². The average molecular weight is 322 g/mol. The Hall–Kier alpha value is -1.53. The first-order chi connectivity index (χ1) is 10.1. The maximum atomic E-state index is 12.2. The zero-order valence-electron chi connectivity index (χ0n) is 11.7. The summed E-state index contributed by atoms with van der Waals surface area (Å²) < 4.78 is 27.5. The molecular weight excluding hydrogens is 304 g/mol. The van der Waals surface area contributed by atoms with Crippen molar-refractivity contribution in [3.63, 3.8) is 0 Å². The SMILES string of the molecule is O=S(=O)(Nc1cccc(N2CCCCC2)c1)c1cccs1. The third kappa shape index (κ3) is 3.39. The Morgan fingerprint density at radius 3 is 2.57 bits per heavy atom. The number of hydrogen-bond acceptors (Lipinski definition) is 4. The van der Waals surface area contributed by atoms with Gasteiger partial charge in [-0.25, -0.2) is 8.42 Å². The second kappa shape index (κ2) is 6.07. The van der Waals surface area contributed by atoms with Crippen molar-refractivity contribution < 1.29 is 8.42 Å². The van der Waals surface area contributed by atoms with Gasteiger partial charge >= 0.3 is 0 Å². The summed E-state index contributed by atoms with van der Waals surface area (Å²) in [5.41, 5.74) is 1.70. The maximum Gasteiger partial charge on any atom is 0.271 e. The summed E-state index contributed by atoms with van der Waals surface area (Å²) in [7, 11) is -3.47. The van der Waals surface area contributed by atoms with E-state index in [1.807, 2.05) is 18.2 Å². The van der Waals surface area contributed by atoms with Crippen LogP contribution in [0.15, 0.2) is 46.0 Å². The molecule has 0 spiro atoms. The van der Waals surface area contributed by atoms with Gasteiger partial charge in [-0.2, -0.15) is 0 Å². The van der Waals surface area contributed by atoms with E-state index in [1.54, 1.807) is 23.6 Å². The van der Waals surface area contributed by atoms with Gasteiger partial charge in [0.05, 0.1) is 5.69 Å². The molecular formula is C15H18N2O2S2. The first kappa shape index (κ1) is 14.4. The predicted octanol–water partition coefficient (Wildman–Crippen LogP) is 3.54. The van der Waals surface area contributed by atoms with Gasteiger partial charge in [-0.3, -0.25) is 4.72 Å². The Kier molecular flexibility index (Phi) is 4.17. The monoisotopic (exact) mass is 322 g/mol. The highest BCUT2D eigenvalue weighted by atomic mass is 32.2. The molecule has 3 rings (SSSR count). The molecule has 0 saturated carbocycles. The lowest BCUT2D eigenvalue weighted by atomic mass is 10.1. The van der Waals surface area contributed by atoms with E-state index in [-0.39, 0.29) is 0 Å². The molecule has 0 amide bonds. The number of piperidine rings is 1. The molecule has 0 radical (unpaired) electrons. The Morgan fingerprint density at radius 2 is 1.86 bits per heavy atom. The number of anilines is 2. The quantitative estimate of drug-likeness (QED) is 0.936. The van der Waals surface area contributed by atoms with Crippen molar-refractivity contribution in [2.45, 2.75) is 23.5 Å². The van der Waals surface area contributed by atoms with Gasteiger partial charge in [0.1, 0.15) is 4.21 Å². The van der Waals surface area contributed by atoms with Crippen molar-refractivity contribution in [3.05, 3.63) is 41.8 Å². The highest BCUT2D eigenvalue weighted by molar-refractivity contribution is 7.94. The van der Waals surface area contributed by atoms with Gasteiger partial charge in [0.25, 0.3) is 10.0 Å². The van der Waals surface area contributed by atoms with Gasteiger partial charge in [0.15, 0.2) is 0 Å². The summed E-state index contributed by atoms with van der Waals surface area (Å²) in [4.78, 5) is 2.31. The molecule has 2 heterocycles. The predicted molar refractivity (Wildman–Crippen MR) is 87.6 cm³/mol. The fourth-order valence-electron chi connectivity index (χ4n) is 2.54. The minimum atomic E-state index is -3.47. The molecule has 1 aliphatic heterocycles. The van der Waals surface area contributed by atoms with E-state index in [4.69, 9.17) is 0 Å². The standard InChI is InChI=1S/C15H18N2O2S2/c18-21(19,15-8-5-11-20-15)16-13-6-4-7-14(12-13)17-9-2-1-3-10-17/h4-8,11-12,16H,1-3,9-10H2. The summed E-state index contributed by atoms with van der Waals surface area (Å²) in [6, 6.07) is 11.0. The van der Waals surface area contributed by atoms with Crippen LogP contribution in [0.2, 0.25) is 0 Å². The molecule has 112 valence electrons. The molecule has 0 atom stereocenters. The van der Waals surface area contributed by atoms with Gasteiger partial charge in [0.2, 0.25) is 0 Å². The lowest BCUT2D eigenvalue weighted by Crippen LogP contribution is -2.29. The average Bonchev–Trinajstić information content (AvgIpc) is 3.03. The van der Waals surface area contributed by atoms with Crippen LogP contribution in [0.3, 0.4) is 0 Å². The third-order valence-corrected chi connectivity index (χ3v) is 6.36. The van der Waals surface area contributed by atoms with Crippen LogP contribution >= 0.6 is 11.3 Å². The Balaban J connectivity index is 1.80. The molecule has 1 fully saturated rings. The Labute approximate surface area is 129 Å². The molecule has 0 unspecified atom stereocenters. The van der Waals surface area contributed by atoms with E-state index in [1.165, 1.54) is 30.6 Å². The molecule has 6 heteroatoms. The van der Waals surface area contributed by atoms with Crippen LogP contribution in [-0.4, -0.2) is 21.5 Å². The van der Waals surface area contributed by atoms with E-state index in [0.29, 0.717) is 9.90 Å². The normalized spacial score (nSPS) is 15.9. The lowest BCUT2D eigenvalue weighted by Gasteiger charge is -2.29. The first-order valence-electron chi connectivity index (χ1n) is 7.06. The summed E-state index contributed by atoms with van der Waals surface area (Å²) in [5.74, 6) is 0. The van der Waals surface area contributed by atoms with Crippen LogP contribution in [0, 0.1) is 0 Å². The molecule has 2 aromatic rings. The second-order valence-electron chi connectivity index (χ2n) is 5.14. The first-order valence-corrected chi connectivity index (χ1v) is 9.43. The summed E-state index contributed by atoms with van der Waals surface area (Å²) in [6.07, 6.45) is 3.68. The molecule has 1 aromatic heterocycles. The van der Waals surface area contributed by atoms with Crippen molar-refractivity contribution in [2.75, 3.05) is 22.7 Å². The van der Waals surface area contributed by atoms with E-state index in [0.717, 1.165) is 18.8 Å². The number of nitrogens with zero attached hydrogens (tertiary/aromatic N) is 1. The van der Waals surface area contributed by atoms with Crippen LogP contribution in [0.1, 0.15) is 19.3 Å². The van der Waals surface area contributed by atoms with Gasteiger partial charge in [-0.05, 0) is 48.9 Å². The Morgan fingerprint density at radius 1 is 1.05 bits per heavy atom. The van der Waals surface area contributed by atoms with Crippen LogP contribution < -0.4 is 9.62 Å². The second-order valence-corrected chi connectivity index (χ2v) is 7.99. The number of thiophene rings is 1. The maximum absolute atomic E-state index is 12.2. The Bertz CT molecular complexity index is 690. The molecule has 4 nitrogen and oxygen atoms in total. The van der Waals surface area contributed by atoms with E-state index < -0.39 is 10.0 Å². The highest BCUT2D eigenvalue weighted by Crippen LogP contribution is 2.25. The minimum Gasteiger partial charge on any atom is -0.371 e. The van der Waals surface area contributed by atoms with Crippen molar-refractivity contribution in [1.29, 1.82) is 0 Å². The van der Waals surface area contributed by atoms with Crippen molar-refractivity contribution in [2.24, 2.45) is 0 Å². The molecule has 1 aliphatic rings. The van der Waals surface area contributed by atoms with Crippen LogP contribution in [0.25, 0.3) is 0 Å². The number of nitrogens with one attached hydrogen (secondary N) is 1. The fraction of sp³-hybridized carbons (Fsp3) is 0.333. The van der Waals surface area contributed by atoms with Gasteiger partial charge in [-0.15, -0.1) is 11.3 Å². The van der Waals surface area contributed by atoms with Gasteiger partial charge in [-0.1, -0.05) is 12.1 Å². The molecule has 1 N–H and O–H groups in total. The number of benzene rings is 1. The zero-order chi connectivity index (χ0) is 14.7. The third-order valence-electron chi connectivity index (χ3n) is 3.58. The van der Waals surface area contributed by atoms with Crippen LogP contribution in [0.4, 0.5) is 11.4 Å². The largest absolute Gasteiger partial charge is 0.371 e. The van der Waals surface area contributed by atoms with E-state index in [9.17, 15) is 8.42 Å². The van der Waals surface area contributed by atoms with Gasteiger partial charge < -0.3 is 4.90 Å². The summed E-state index contributed by atoms with van der Waals surface area (Å²) in [5, 5.41) is 1.76. The lowest BCUT2D eigenvalue weighted by molar-refractivity contribution is 0.578. The molecule has 1 saturated heterocycles. The molecule has 0 bridgehead atoms. The topological polar surface area (TPSA) is 49.4 Å². The fourth-order valence-corrected chi connectivity index (χ4v) is 4.58. The summed E-state index contributed by atoms with van der Waals surface area (Å²) in [6.45, 7) is 2.09. The molecule has 0 aliphatic carbocycles. The van der Waals surface area contributed by atoms with Crippen molar-refractivity contribution in [1.82, 2.24) is 0 Å². The van der Waals surface area contributed by atoms with Crippen LogP contribution in [0.5, 0.6) is 0 Å². The van der Waals surface area contributed by atoms with Gasteiger partial charge in [0, 0.05) is 18.8 Å². The number of hydrogen-bond donors (Lipinski definition) is 1. The van der Waals surface area contributed by atoms with Crippen molar-refractivity contribution in [3.8, 4) is 0 Å². The smallest absolute Gasteiger partial charge is 0.271 e.